The molecule has 11 heteroatoms. The molecule has 0 bridgehead atoms. The number of carbonyl (C=O) groups is 2. The van der Waals surface area contributed by atoms with Crippen LogP contribution in [0, 0.1) is 36.0 Å². The second kappa shape index (κ2) is 9.49. The molecule has 3 aromatic carbocycles. The van der Waals surface area contributed by atoms with Gasteiger partial charge in [-0.15, -0.1) is 0 Å². The van der Waals surface area contributed by atoms with Gasteiger partial charge in [0.15, 0.2) is 18.1 Å². The maximum absolute atomic E-state index is 13.7. The zero-order valence-electron chi connectivity index (χ0n) is 17.6. The Morgan fingerprint density at radius 2 is 1.57 bits per heavy atom. The van der Waals surface area contributed by atoms with Gasteiger partial charge in [0.25, 0.3) is 0 Å². The maximum Gasteiger partial charge on any atom is 0.349 e. The average molecular weight is 555 g/mol. The molecule has 0 saturated heterocycles. The number of allylic oxidation sites excluding steroid dienone is 1. The van der Waals surface area contributed by atoms with Gasteiger partial charge in [0.2, 0.25) is 34.9 Å². The first-order chi connectivity index (χ1) is 16.6. The molecule has 5 nitrogen and oxygen atoms in total. The number of fused-ring (bicyclic) bond motifs is 1. The van der Waals surface area contributed by atoms with E-state index in [1.807, 2.05) is 0 Å². The zero-order chi connectivity index (χ0) is 25.4. The Balaban J connectivity index is 1.49. The number of hydrogen-bond acceptors (Lipinski definition) is 5. The van der Waals surface area contributed by atoms with Gasteiger partial charge in [0.05, 0.1) is 5.56 Å². The van der Waals surface area contributed by atoms with Gasteiger partial charge in [-0.2, -0.15) is 8.78 Å². The lowest BCUT2D eigenvalue weighted by Gasteiger charge is -2.11. The van der Waals surface area contributed by atoms with E-state index in [9.17, 15) is 31.5 Å². The highest BCUT2D eigenvalue weighted by molar-refractivity contribution is 9.10. The summed E-state index contributed by atoms with van der Waals surface area (Å²) in [7, 11) is 0. The number of halogens is 6. The molecular weight excluding hydrogens is 543 g/mol. The highest BCUT2D eigenvalue weighted by Crippen LogP contribution is 2.37. The van der Waals surface area contributed by atoms with Crippen molar-refractivity contribution >= 4 is 33.8 Å². The fourth-order valence-electron chi connectivity index (χ4n) is 3.25. The van der Waals surface area contributed by atoms with E-state index < -0.39 is 47.4 Å². The molecule has 0 amide bonds. The van der Waals surface area contributed by atoms with Gasteiger partial charge in [-0.3, -0.25) is 4.79 Å². The van der Waals surface area contributed by atoms with Gasteiger partial charge >= 0.3 is 5.97 Å². The van der Waals surface area contributed by atoms with Crippen LogP contribution >= 0.6 is 15.9 Å². The third kappa shape index (κ3) is 4.76. The van der Waals surface area contributed by atoms with Crippen LogP contribution in [0.1, 0.15) is 21.5 Å². The van der Waals surface area contributed by atoms with Crippen LogP contribution < -0.4 is 14.2 Å². The topological polar surface area (TPSA) is 61.8 Å². The van der Waals surface area contributed by atoms with Crippen molar-refractivity contribution in [1.29, 1.82) is 0 Å². The SMILES string of the molecule is Cc1cc(OC(=O)COc2c(F)c(F)c(F)c(F)c2F)cc2c1C(=O)/C(=C/c1ccc(Br)cc1)O2. The Bertz CT molecular complexity index is 1370. The van der Waals surface area contributed by atoms with Crippen molar-refractivity contribution < 1.29 is 45.8 Å². The summed E-state index contributed by atoms with van der Waals surface area (Å²) in [5.74, 6) is -14.4. The Kier molecular flexibility index (Phi) is 6.62. The highest BCUT2D eigenvalue weighted by Gasteiger charge is 2.31. The van der Waals surface area contributed by atoms with Crippen molar-refractivity contribution in [3.05, 3.63) is 92.4 Å². The number of Topliss-reactive ketones (excluding diaryl/α,β-unsaturated/α-hetero) is 1. The molecule has 1 aliphatic heterocycles. The predicted molar refractivity (Wildman–Crippen MR) is 116 cm³/mol. The van der Waals surface area contributed by atoms with E-state index in [1.54, 1.807) is 31.2 Å². The number of hydrogen-bond donors (Lipinski definition) is 0. The first-order valence-corrected chi connectivity index (χ1v) is 10.6. The lowest BCUT2D eigenvalue weighted by Crippen LogP contribution is -2.19. The minimum absolute atomic E-state index is 0.0449. The van der Waals surface area contributed by atoms with E-state index in [2.05, 4.69) is 20.7 Å². The van der Waals surface area contributed by atoms with Crippen LogP contribution in [-0.4, -0.2) is 18.4 Å². The zero-order valence-corrected chi connectivity index (χ0v) is 19.1. The Morgan fingerprint density at radius 1 is 0.971 bits per heavy atom. The van der Waals surface area contributed by atoms with Crippen LogP contribution in [0.2, 0.25) is 0 Å². The number of rotatable bonds is 5. The van der Waals surface area contributed by atoms with E-state index in [0.717, 1.165) is 4.47 Å². The molecule has 0 radical (unpaired) electrons. The number of ether oxygens (including phenoxy) is 3. The first kappa shape index (κ1) is 24.4. The molecule has 0 aliphatic carbocycles. The molecule has 0 aromatic heterocycles. The molecule has 3 aromatic rings. The molecule has 180 valence electrons. The second-order valence-corrected chi connectivity index (χ2v) is 8.18. The van der Waals surface area contributed by atoms with Crippen LogP contribution in [0.5, 0.6) is 17.2 Å². The van der Waals surface area contributed by atoms with Crippen molar-refractivity contribution in [2.75, 3.05) is 6.61 Å². The molecular formula is C24H12BrF5O5. The number of benzene rings is 3. The standard InChI is InChI=1S/C24H12BrF5O5/c1-10-6-13(34-16(31)9-33-24-21(29)19(27)18(26)20(28)22(24)30)8-14-17(10)23(32)15(35-14)7-11-2-4-12(25)5-3-11/h2-8H,9H2,1H3/b15-7-. The Morgan fingerprint density at radius 3 is 2.20 bits per heavy atom. The first-order valence-electron chi connectivity index (χ1n) is 9.76. The molecule has 0 saturated carbocycles. The largest absolute Gasteiger partial charge is 0.476 e. The van der Waals surface area contributed by atoms with Gasteiger partial charge in [0.1, 0.15) is 11.5 Å². The monoisotopic (exact) mass is 554 g/mol. The number of ketones is 1. The third-order valence-corrected chi connectivity index (χ3v) is 5.38. The summed E-state index contributed by atoms with van der Waals surface area (Å²) in [4.78, 5) is 24.8. The minimum atomic E-state index is -2.35. The summed E-state index contributed by atoms with van der Waals surface area (Å²) in [6.45, 7) is 0.411. The second-order valence-electron chi connectivity index (χ2n) is 7.27. The van der Waals surface area contributed by atoms with E-state index in [0.29, 0.717) is 11.1 Å². The highest BCUT2D eigenvalue weighted by atomic mass is 79.9. The van der Waals surface area contributed by atoms with Gasteiger partial charge in [-0.1, -0.05) is 28.1 Å². The van der Waals surface area contributed by atoms with Crippen LogP contribution in [0.25, 0.3) is 6.08 Å². The lowest BCUT2D eigenvalue weighted by molar-refractivity contribution is -0.136. The number of esters is 1. The average Bonchev–Trinajstić information content (AvgIpc) is 3.13. The van der Waals surface area contributed by atoms with Crippen molar-refractivity contribution in [1.82, 2.24) is 0 Å². The molecule has 0 spiro atoms. The van der Waals surface area contributed by atoms with Crippen LogP contribution in [0.4, 0.5) is 22.0 Å². The molecule has 0 fully saturated rings. The summed E-state index contributed by atoms with van der Waals surface area (Å²) in [6, 6.07) is 9.70. The minimum Gasteiger partial charge on any atom is -0.476 e. The maximum atomic E-state index is 13.7. The summed E-state index contributed by atoms with van der Waals surface area (Å²) >= 11 is 3.32. The summed E-state index contributed by atoms with van der Waals surface area (Å²) in [5, 5.41) is 0. The normalized spacial score (nSPS) is 13.6. The van der Waals surface area contributed by atoms with Gasteiger partial charge in [0, 0.05) is 10.5 Å². The molecule has 1 aliphatic rings. The summed E-state index contributed by atoms with van der Waals surface area (Å²) in [6.07, 6.45) is 1.54. The number of carbonyl (C=O) groups excluding carboxylic acids is 2. The van der Waals surface area contributed by atoms with E-state index in [1.165, 1.54) is 18.2 Å². The Hall–Kier alpha value is -3.73. The quantitative estimate of drug-likeness (QED) is 0.0958. The Labute approximate surface area is 202 Å². The van der Waals surface area contributed by atoms with Crippen LogP contribution in [0.15, 0.2) is 46.6 Å². The predicted octanol–water partition coefficient (Wildman–Crippen LogP) is 6.05. The van der Waals surface area contributed by atoms with Crippen molar-refractivity contribution in [3.63, 3.8) is 0 Å². The summed E-state index contributed by atoms with van der Waals surface area (Å²) < 4.78 is 83.0. The molecule has 0 atom stereocenters. The van der Waals surface area contributed by atoms with Gasteiger partial charge in [-0.25, -0.2) is 18.0 Å². The van der Waals surface area contributed by atoms with Crippen LogP contribution in [-0.2, 0) is 4.79 Å². The van der Waals surface area contributed by atoms with Crippen molar-refractivity contribution in [2.45, 2.75) is 6.92 Å². The van der Waals surface area contributed by atoms with E-state index >= 15 is 0 Å². The lowest BCUT2D eigenvalue weighted by atomic mass is 10.0. The molecule has 35 heavy (non-hydrogen) atoms. The third-order valence-electron chi connectivity index (χ3n) is 4.85. The molecule has 1 heterocycles. The van der Waals surface area contributed by atoms with Crippen LogP contribution in [0.3, 0.4) is 0 Å². The van der Waals surface area contributed by atoms with Crippen molar-refractivity contribution in [2.24, 2.45) is 0 Å². The molecule has 4 rings (SSSR count). The van der Waals surface area contributed by atoms with E-state index in [4.69, 9.17) is 9.47 Å². The van der Waals surface area contributed by atoms with Crippen molar-refractivity contribution in [3.8, 4) is 17.2 Å². The van der Waals surface area contributed by atoms with E-state index in [-0.39, 0.29) is 28.6 Å². The number of aryl methyl sites for hydroxylation is 1. The van der Waals surface area contributed by atoms with Gasteiger partial charge < -0.3 is 14.2 Å². The smallest absolute Gasteiger partial charge is 0.349 e. The molecule has 0 unspecified atom stereocenters. The molecule has 0 N–H and O–H groups in total. The fourth-order valence-corrected chi connectivity index (χ4v) is 3.51. The summed E-state index contributed by atoms with van der Waals surface area (Å²) in [5.41, 5.74) is 1.37. The fraction of sp³-hybridized carbons (Fsp3) is 0.0833. The van der Waals surface area contributed by atoms with Gasteiger partial charge in [-0.05, 0) is 42.3 Å².